The number of nitrogens with zero attached hydrogens (tertiary/aromatic N) is 2. The lowest BCUT2D eigenvalue weighted by Gasteiger charge is -2.37. The Balaban J connectivity index is 1.35. The minimum Gasteiger partial charge on any atom is -0.444 e. The van der Waals surface area contributed by atoms with Gasteiger partial charge in [0.1, 0.15) is 5.58 Å². The molecular formula is C31H34N2OS. The van der Waals surface area contributed by atoms with Crippen molar-refractivity contribution < 1.29 is 4.42 Å². The third kappa shape index (κ3) is 3.48. The van der Waals surface area contributed by atoms with E-state index in [4.69, 9.17) is 16.6 Å². The highest BCUT2D eigenvalue weighted by atomic mass is 32.1. The molecule has 0 bridgehead atoms. The van der Waals surface area contributed by atoms with E-state index in [2.05, 4.69) is 47.1 Å². The minimum absolute atomic E-state index is 0.639. The SMILES string of the molecule is CCc1c(/C=C/c2cc3c4c(c2)CCCN4CCC3)c(=S)oc2c3c4c(cc12)CCCN4CCC3. The van der Waals surface area contributed by atoms with Crippen LogP contribution < -0.4 is 9.80 Å². The zero-order valence-electron chi connectivity index (χ0n) is 20.8. The first-order chi connectivity index (χ1) is 17.2. The van der Waals surface area contributed by atoms with E-state index in [0.717, 1.165) is 24.0 Å². The fourth-order valence-electron chi connectivity index (χ4n) is 7.24. The van der Waals surface area contributed by atoms with Crippen molar-refractivity contribution >= 4 is 46.7 Å². The average molecular weight is 483 g/mol. The molecule has 4 heteroatoms. The van der Waals surface area contributed by atoms with Gasteiger partial charge in [0.25, 0.3) is 0 Å². The fraction of sp³-hybridized carbons (Fsp3) is 0.452. The highest BCUT2D eigenvalue weighted by molar-refractivity contribution is 7.71. The summed E-state index contributed by atoms with van der Waals surface area (Å²) >= 11 is 5.89. The van der Waals surface area contributed by atoms with Crippen LogP contribution in [0, 0.1) is 4.71 Å². The van der Waals surface area contributed by atoms with Gasteiger partial charge in [0, 0.05) is 54.1 Å². The monoisotopic (exact) mass is 482 g/mol. The van der Waals surface area contributed by atoms with E-state index in [1.54, 1.807) is 0 Å². The Morgan fingerprint density at radius 3 is 2.06 bits per heavy atom. The topological polar surface area (TPSA) is 19.6 Å². The van der Waals surface area contributed by atoms with Gasteiger partial charge >= 0.3 is 0 Å². The van der Waals surface area contributed by atoms with E-state index in [1.165, 1.54) is 121 Å². The van der Waals surface area contributed by atoms with Crippen molar-refractivity contribution in [1.29, 1.82) is 0 Å². The zero-order chi connectivity index (χ0) is 23.5. The Kier molecular flexibility index (Phi) is 5.27. The Morgan fingerprint density at radius 2 is 1.40 bits per heavy atom. The van der Waals surface area contributed by atoms with Crippen LogP contribution in [0.1, 0.15) is 71.6 Å². The molecule has 0 radical (unpaired) electrons. The second-order valence-electron chi connectivity index (χ2n) is 10.8. The van der Waals surface area contributed by atoms with Gasteiger partial charge in [-0.1, -0.05) is 13.0 Å². The molecule has 3 nitrogen and oxygen atoms in total. The standard InChI is InChI=1S/C31H34N2OS/c1-2-24-25(12-11-20-17-21-7-3-13-32-14-4-8-22(18-20)28(21)32)31(35)34-30-26-10-6-16-33-15-5-9-23(29(26)33)19-27(24)30/h11-12,17-19H,2-10,13-16H2,1H3/b12-11+. The van der Waals surface area contributed by atoms with Crippen LogP contribution in [0.4, 0.5) is 11.4 Å². The number of fused-ring (bicyclic) bond motifs is 2. The van der Waals surface area contributed by atoms with Crippen LogP contribution in [0.2, 0.25) is 0 Å². The predicted octanol–water partition coefficient (Wildman–Crippen LogP) is 7.29. The van der Waals surface area contributed by atoms with Crippen LogP contribution in [0.15, 0.2) is 22.6 Å². The maximum Gasteiger partial charge on any atom is 0.198 e. The van der Waals surface area contributed by atoms with E-state index in [1.807, 2.05) is 0 Å². The van der Waals surface area contributed by atoms with E-state index in [9.17, 15) is 0 Å². The lowest BCUT2D eigenvalue weighted by atomic mass is 9.88. The molecule has 180 valence electrons. The summed E-state index contributed by atoms with van der Waals surface area (Å²) < 4.78 is 7.12. The van der Waals surface area contributed by atoms with Gasteiger partial charge in [-0.15, -0.1) is 0 Å². The van der Waals surface area contributed by atoms with Crippen LogP contribution in [0.5, 0.6) is 0 Å². The molecule has 2 aromatic carbocycles. The smallest absolute Gasteiger partial charge is 0.198 e. The van der Waals surface area contributed by atoms with Crippen molar-refractivity contribution in [2.24, 2.45) is 0 Å². The molecule has 4 aliphatic heterocycles. The summed E-state index contributed by atoms with van der Waals surface area (Å²) in [5.41, 5.74) is 13.7. The molecule has 0 atom stereocenters. The van der Waals surface area contributed by atoms with Gasteiger partial charge in [0.15, 0.2) is 4.71 Å². The first-order valence-electron chi connectivity index (χ1n) is 13.7. The molecule has 0 saturated carbocycles. The number of benzene rings is 2. The molecule has 5 heterocycles. The summed E-state index contributed by atoms with van der Waals surface area (Å²) in [5, 5.41) is 1.29. The van der Waals surface area contributed by atoms with Crippen molar-refractivity contribution in [2.45, 2.75) is 64.7 Å². The summed E-state index contributed by atoms with van der Waals surface area (Å²) in [6.45, 7) is 7.05. The Hall–Kier alpha value is -2.59. The molecule has 0 spiro atoms. The molecular weight excluding hydrogens is 448 g/mol. The van der Waals surface area contributed by atoms with E-state index in [-0.39, 0.29) is 0 Å². The summed E-state index contributed by atoms with van der Waals surface area (Å²) in [7, 11) is 0. The Morgan fingerprint density at radius 1 is 0.800 bits per heavy atom. The highest BCUT2D eigenvalue weighted by Crippen LogP contribution is 2.42. The molecule has 4 aliphatic rings. The molecule has 3 aromatic rings. The molecule has 7 rings (SSSR count). The molecule has 0 aliphatic carbocycles. The van der Waals surface area contributed by atoms with Gasteiger partial charge in [0.2, 0.25) is 0 Å². The van der Waals surface area contributed by atoms with E-state index in [0.29, 0.717) is 4.71 Å². The largest absolute Gasteiger partial charge is 0.444 e. The first-order valence-corrected chi connectivity index (χ1v) is 14.1. The molecule has 0 N–H and O–H groups in total. The lowest BCUT2D eigenvalue weighted by Crippen LogP contribution is -2.34. The van der Waals surface area contributed by atoms with Crippen molar-refractivity contribution in [3.8, 4) is 0 Å². The quantitative estimate of drug-likeness (QED) is 0.365. The minimum atomic E-state index is 0.639. The number of hydrogen-bond acceptors (Lipinski definition) is 4. The van der Waals surface area contributed by atoms with Crippen LogP contribution in [-0.4, -0.2) is 26.2 Å². The average Bonchev–Trinajstić information content (AvgIpc) is 2.88. The highest BCUT2D eigenvalue weighted by Gasteiger charge is 2.28. The number of hydrogen-bond donors (Lipinski definition) is 0. The maximum absolute atomic E-state index is 6.48. The number of aryl methyl sites for hydroxylation is 5. The maximum atomic E-state index is 6.48. The molecule has 0 fully saturated rings. The zero-order valence-corrected chi connectivity index (χ0v) is 21.6. The van der Waals surface area contributed by atoms with Gasteiger partial charge in [-0.05, 0) is 122 Å². The first kappa shape index (κ1) is 21.7. The molecule has 1 aromatic heterocycles. The normalized spacial score (nSPS) is 18.8. The molecule has 35 heavy (non-hydrogen) atoms. The fourth-order valence-corrected chi connectivity index (χ4v) is 7.52. The summed E-state index contributed by atoms with van der Waals surface area (Å²) in [6.07, 6.45) is 15.1. The summed E-state index contributed by atoms with van der Waals surface area (Å²) in [5.74, 6) is 0. The van der Waals surface area contributed by atoms with Gasteiger partial charge in [0.05, 0.1) is 0 Å². The second kappa shape index (κ2) is 8.51. The number of anilines is 2. The molecule has 0 unspecified atom stereocenters. The predicted molar refractivity (Wildman–Crippen MR) is 150 cm³/mol. The van der Waals surface area contributed by atoms with Crippen molar-refractivity contribution in [1.82, 2.24) is 0 Å². The molecule has 0 amide bonds. The van der Waals surface area contributed by atoms with Crippen LogP contribution in [0.3, 0.4) is 0 Å². The van der Waals surface area contributed by atoms with Crippen LogP contribution in [-0.2, 0) is 32.1 Å². The van der Waals surface area contributed by atoms with Crippen molar-refractivity contribution in [2.75, 3.05) is 36.0 Å². The van der Waals surface area contributed by atoms with E-state index >= 15 is 0 Å². The van der Waals surface area contributed by atoms with Crippen molar-refractivity contribution in [3.63, 3.8) is 0 Å². The number of rotatable bonds is 3. The molecule has 0 saturated heterocycles. The van der Waals surface area contributed by atoms with Gasteiger partial charge < -0.3 is 14.2 Å². The van der Waals surface area contributed by atoms with Crippen LogP contribution >= 0.6 is 12.2 Å². The summed E-state index contributed by atoms with van der Waals surface area (Å²) in [4.78, 5) is 5.19. The van der Waals surface area contributed by atoms with E-state index < -0.39 is 0 Å². The van der Waals surface area contributed by atoms with Gasteiger partial charge in [-0.25, -0.2) is 0 Å². The Bertz CT molecular complexity index is 1400. The lowest BCUT2D eigenvalue weighted by molar-refractivity contribution is 0.568. The third-order valence-corrected chi connectivity index (χ3v) is 8.99. The van der Waals surface area contributed by atoms with Gasteiger partial charge in [-0.2, -0.15) is 0 Å². The second-order valence-corrected chi connectivity index (χ2v) is 11.2. The third-order valence-electron chi connectivity index (χ3n) is 8.69. The summed E-state index contributed by atoms with van der Waals surface area (Å²) in [6, 6.07) is 7.25. The van der Waals surface area contributed by atoms with Gasteiger partial charge in [-0.3, -0.25) is 0 Å². The van der Waals surface area contributed by atoms with Crippen molar-refractivity contribution in [3.05, 3.63) is 61.9 Å². The van der Waals surface area contributed by atoms with Crippen LogP contribution in [0.25, 0.3) is 23.1 Å². The Labute approximate surface area is 213 Å².